The summed E-state index contributed by atoms with van der Waals surface area (Å²) in [5.41, 5.74) is 2.22. The number of fused-ring (bicyclic) bond motifs is 1. The van der Waals surface area contributed by atoms with E-state index < -0.39 is 0 Å². The number of likely N-dealkylation sites (tertiary alicyclic amines) is 1. The van der Waals surface area contributed by atoms with Crippen LogP contribution in [-0.2, 0) is 4.74 Å². The molecule has 1 fully saturated rings. The maximum absolute atomic E-state index is 12.7. The third kappa shape index (κ3) is 2.63. The number of amides is 1. The van der Waals surface area contributed by atoms with Crippen molar-refractivity contribution in [2.45, 2.75) is 32.8 Å². The topological polar surface area (TPSA) is 59.7 Å². The predicted molar refractivity (Wildman–Crippen MR) is 78.3 cm³/mol. The van der Waals surface area contributed by atoms with E-state index in [-0.39, 0.29) is 12.0 Å². The molecule has 0 unspecified atom stereocenters. The SMILES string of the molecule is CCOC1CCN(C(=O)c2cnc3ccnn3c2C)CC1. The molecule has 6 nitrogen and oxygen atoms in total. The summed E-state index contributed by atoms with van der Waals surface area (Å²) < 4.78 is 7.33. The number of hydrogen-bond acceptors (Lipinski definition) is 4. The largest absolute Gasteiger partial charge is 0.378 e. The van der Waals surface area contributed by atoms with Gasteiger partial charge in [-0.25, -0.2) is 9.50 Å². The van der Waals surface area contributed by atoms with Crippen molar-refractivity contribution in [3.63, 3.8) is 0 Å². The molecule has 0 N–H and O–H groups in total. The van der Waals surface area contributed by atoms with Crippen LogP contribution >= 0.6 is 0 Å². The van der Waals surface area contributed by atoms with E-state index in [1.807, 2.05) is 24.8 Å². The fraction of sp³-hybridized carbons (Fsp3) is 0.533. The van der Waals surface area contributed by atoms with Crippen LogP contribution in [-0.4, -0.2) is 51.2 Å². The number of carbonyl (C=O) groups is 1. The first-order chi connectivity index (χ1) is 10.2. The smallest absolute Gasteiger partial charge is 0.257 e. The molecule has 1 aliphatic heterocycles. The van der Waals surface area contributed by atoms with Gasteiger partial charge in [-0.3, -0.25) is 4.79 Å². The zero-order chi connectivity index (χ0) is 14.8. The van der Waals surface area contributed by atoms with Crippen molar-refractivity contribution in [1.82, 2.24) is 19.5 Å². The Hall–Kier alpha value is -1.95. The van der Waals surface area contributed by atoms with Gasteiger partial charge in [0, 0.05) is 32.0 Å². The van der Waals surface area contributed by atoms with Crippen molar-refractivity contribution < 1.29 is 9.53 Å². The molecule has 3 heterocycles. The highest BCUT2D eigenvalue weighted by atomic mass is 16.5. The number of rotatable bonds is 3. The molecule has 1 aliphatic rings. The van der Waals surface area contributed by atoms with Crippen LogP contribution < -0.4 is 0 Å². The number of aryl methyl sites for hydroxylation is 1. The fourth-order valence-electron chi connectivity index (χ4n) is 2.83. The van der Waals surface area contributed by atoms with E-state index in [0.29, 0.717) is 5.56 Å². The monoisotopic (exact) mass is 288 g/mol. The molecule has 0 spiro atoms. The van der Waals surface area contributed by atoms with Gasteiger partial charge in [0.15, 0.2) is 5.65 Å². The highest BCUT2D eigenvalue weighted by Gasteiger charge is 2.25. The summed E-state index contributed by atoms with van der Waals surface area (Å²) >= 11 is 0. The van der Waals surface area contributed by atoms with E-state index in [0.717, 1.165) is 43.9 Å². The number of aromatic nitrogens is 3. The van der Waals surface area contributed by atoms with Crippen molar-refractivity contribution in [2.75, 3.05) is 19.7 Å². The molecule has 21 heavy (non-hydrogen) atoms. The lowest BCUT2D eigenvalue weighted by molar-refractivity contribution is 0.0145. The quantitative estimate of drug-likeness (QED) is 0.862. The molecule has 0 aliphatic carbocycles. The lowest BCUT2D eigenvalue weighted by atomic mass is 10.1. The minimum atomic E-state index is 0.0346. The third-order valence-electron chi connectivity index (χ3n) is 4.02. The van der Waals surface area contributed by atoms with Gasteiger partial charge in [-0.2, -0.15) is 5.10 Å². The summed E-state index contributed by atoms with van der Waals surface area (Å²) in [6.45, 7) is 6.12. The second-order valence-electron chi connectivity index (χ2n) is 5.31. The average Bonchev–Trinajstić information content (AvgIpc) is 2.98. The second kappa shape index (κ2) is 5.81. The van der Waals surface area contributed by atoms with Gasteiger partial charge in [-0.05, 0) is 26.7 Å². The third-order valence-corrected chi connectivity index (χ3v) is 4.02. The molecule has 2 aromatic rings. The Morgan fingerprint density at radius 1 is 1.43 bits per heavy atom. The van der Waals surface area contributed by atoms with Gasteiger partial charge in [0.05, 0.1) is 23.6 Å². The number of hydrogen-bond donors (Lipinski definition) is 0. The normalized spacial score (nSPS) is 16.6. The van der Waals surface area contributed by atoms with Gasteiger partial charge < -0.3 is 9.64 Å². The molecular formula is C15H20N4O2. The van der Waals surface area contributed by atoms with E-state index in [2.05, 4.69) is 10.1 Å². The first-order valence-corrected chi connectivity index (χ1v) is 7.41. The van der Waals surface area contributed by atoms with Crippen LogP contribution in [0.15, 0.2) is 18.5 Å². The zero-order valence-corrected chi connectivity index (χ0v) is 12.5. The Labute approximate surface area is 123 Å². The summed E-state index contributed by atoms with van der Waals surface area (Å²) in [4.78, 5) is 18.8. The molecular weight excluding hydrogens is 268 g/mol. The Morgan fingerprint density at radius 2 is 2.19 bits per heavy atom. The molecule has 0 bridgehead atoms. The minimum Gasteiger partial charge on any atom is -0.378 e. The summed E-state index contributed by atoms with van der Waals surface area (Å²) in [5.74, 6) is 0.0346. The Bertz CT molecular complexity index is 644. The number of nitrogens with zero attached hydrogens (tertiary/aromatic N) is 4. The average molecular weight is 288 g/mol. The van der Waals surface area contributed by atoms with E-state index >= 15 is 0 Å². The second-order valence-corrected chi connectivity index (χ2v) is 5.31. The van der Waals surface area contributed by atoms with E-state index in [4.69, 9.17) is 4.74 Å². The standard InChI is InChI=1S/C15H20N4O2/c1-3-21-12-5-8-18(9-6-12)15(20)13-10-16-14-4-7-17-19(14)11(13)2/h4,7,10,12H,3,5-6,8-9H2,1-2H3. The minimum absolute atomic E-state index is 0.0346. The maximum Gasteiger partial charge on any atom is 0.257 e. The van der Waals surface area contributed by atoms with Crippen LogP contribution in [0.1, 0.15) is 35.8 Å². The first-order valence-electron chi connectivity index (χ1n) is 7.41. The molecule has 0 aromatic carbocycles. The number of carbonyl (C=O) groups excluding carboxylic acids is 1. The zero-order valence-electron chi connectivity index (χ0n) is 12.5. The highest BCUT2D eigenvalue weighted by molar-refractivity contribution is 5.95. The van der Waals surface area contributed by atoms with Crippen LogP contribution in [0.5, 0.6) is 0 Å². The molecule has 0 radical (unpaired) electrons. The van der Waals surface area contributed by atoms with Gasteiger partial charge in [0.25, 0.3) is 5.91 Å². The maximum atomic E-state index is 12.7. The Balaban J connectivity index is 1.77. The molecule has 2 aromatic heterocycles. The van der Waals surface area contributed by atoms with Crippen molar-refractivity contribution in [3.8, 4) is 0 Å². The van der Waals surface area contributed by atoms with Crippen molar-refractivity contribution in [3.05, 3.63) is 29.7 Å². The van der Waals surface area contributed by atoms with E-state index in [9.17, 15) is 4.79 Å². The van der Waals surface area contributed by atoms with Crippen molar-refractivity contribution in [1.29, 1.82) is 0 Å². The molecule has 0 saturated carbocycles. The van der Waals surface area contributed by atoms with Crippen LogP contribution in [0.4, 0.5) is 0 Å². The van der Waals surface area contributed by atoms with E-state index in [1.165, 1.54) is 0 Å². The summed E-state index contributed by atoms with van der Waals surface area (Å²) in [6, 6.07) is 1.83. The first kappa shape index (κ1) is 14.0. The van der Waals surface area contributed by atoms with Gasteiger partial charge in [-0.15, -0.1) is 0 Å². The van der Waals surface area contributed by atoms with Crippen LogP contribution in [0.2, 0.25) is 0 Å². The Kier molecular flexibility index (Phi) is 3.88. The summed E-state index contributed by atoms with van der Waals surface area (Å²) in [7, 11) is 0. The molecule has 3 rings (SSSR count). The summed E-state index contributed by atoms with van der Waals surface area (Å²) in [5, 5.41) is 4.21. The van der Waals surface area contributed by atoms with Gasteiger partial charge in [-0.1, -0.05) is 0 Å². The van der Waals surface area contributed by atoms with Crippen molar-refractivity contribution in [2.24, 2.45) is 0 Å². The Morgan fingerprint density at radius 3 is 2.90 bits per heavy atom. The lowest BCUT2D eigenvalue weighted by Crippen LogP contribution is -2.41. The van der Waals surface area contributed by atoms with Gasteiger partial charge in [0.1, 0.15) is 0 Å². The van der Waals surface area contributed by atoms with E-state index in [1.54, 1.807) is 16.9 Å². The van der Waals surface area contributed by atoms with Gasteiger partial charge >= 0.3 is 0 Å². The lowest BCUT2D eigenvalue weighted by Gasteiger charge is -2.32. The molecule has 112 valence electrons. The van der Waals surface area contributed by atoms with Crippen LogP contribution in [0, 0.1) is 6.92 Å². The van der Waals surface area contributed by atoms with Crippen LogP contribution in [0.25, 0.3) is 5.65 Å². The summed E-state index contributed by atoms with van der Waals surface area (Å²) in [6.07, 6.45) is 5.43. The molecule has 1 saturated heterocycles. The molecule has 6 heteroatoms. The molecule has 0 atom stereocenters. The van der Waals surface area contributed by atoms with Crippen LogP contribution in [0.3, 0.4) is 0 Å². The van der Waals surface area contributed by atoms with Gasteiger partial charge in [0.2, 0.25) is 0 Å². The highest BCUT2D eigenvalue weighted by Crippen LogP contribution is 2.18. The number of piperidine rings is 1. The predicted octanol–water partition coefficient (Wildman–Crippen LogP) is 1.68. The fourth-order valence-corrected chi connectivity index (χ4v) is 2.83. The van der Waals surface area contributed by atoms with Crippen molar-refractivity contribution >= 4 is 11.6 Å². The number of ether oxygens (including phenoxy) is 1. The molecule has 1 amide bonds.